The third-order valence-electron chi connectivity index (χ3n) is 5.23. The second-order valence-corrected chi connectivity index (χ2v) is 7.16. The van der Waals surface area contributed by atoms with Crippen LogP contribution in [0.2, 0.25) is 0 Å². The summed E-state index contributed by atoms with van der Waals surface area (Å²) in [7, 11) is 1.59. The molecule has 2 N–H and O–H groups in total. The molecule has 5 nitrogen and oxygen atoms in total. The lowest BCUT2D eigenvalue weighted by molar-refractivity contribution is 0.100. The van der Waals surface area contributed by atoms with Crippen molar-refractivity contribution >= 4 is 16.8 Å². The zero-order chi connectivity index (χ0) is 21.4. The van der Waals surface area contributed by atoms with E-state index < -0.39 is 5.91 Å². The smallest absolute Gasteiger partial charge is 0.251 e. The van der Waals surface area contributed by atoms with Crippen molar-refractivity contribution in [3.63, 3.8) is 0 Å². The summed E-state index contributed by atoms with van der Waals surface area (Å²) in [6.45, 7) is 3.83. The number of methoxy groups -OCH3 is 1. The Labute approximate surface area is 173 Å². The van der Waals surface area contributed by atoms with E-state index in [4.69, 9.17) is 10.5 Å². The molecular formula is C24H22FN3O2. The minimum absolute atomic E-state index is 0.241. The number of benzene rings is 2. The number of hydrogen-bond acceptors (Lipinski definition) is 3. The van der Waals surface area contributed by atoms with Crippen molar-refractivity contribution < 1.29 is 13.9 Å². The standard InChI is InChI=1S/C24H22FN3O2/c1-4-15-10-21-18(12-19(15)25)22(24(26)29)23(20-9-8-14(2)13-27-20)28(21)16-6-5-7-17(11-16)30-3/h5-13H,4H2,1-3H3,(H2,26,29). The van der Waals surface area contributed by atoms with E-state index in [9.17, 15) is 9.18 Å². The fourth-order valence-electron chi connectivity index (χ4n) is 3.74. The topological polar surface area (TPSA) is 70.1 Å². The Morgan fingerprint density at radius 1 is 1.20 bits per heavy atom. The van der Waals surface area contributed by atoms with Gasteiger partial charge in [-0.05, 0) is 54.8 Å². The molecule has 4 rings (SSSR count). The summed E-state index contributed by atoms with van der Waals surface area (Å²) in [6, 6.07) is 14.4. The van der Waals surface area contributed by atoms with Gasteiger partial charge in [0, 0.05) is 23.3 Å². The second-order valence-electron chi connectivity index (χ2n) is 7.16. The molecule has 0 bridgehead atoms. The molecule has 0 atom stereocenters. The number of aryl methyl sites for hydroxylation is 2. The molecule has 152 valence electrons. The van der Waals surface area contributed by atoms with E-state index in [0.717, 1.165) is 11.3 Å². The summed E-state index contributed by atoms with van der Waals surface area (Å²) in [5, 5.41) is 0.456. The third-order valence-corrected chi connectivity index (χ3v) is 5.23. The van der Waals surface area contributed by atoms with Crippen molar-refractivity contribution in [2.45, 2.75) is 20.3 Å². The zero-order valence-corrected chi connectivity index (χ0v) is 17.1. The van der Waals surface area contributed by atoms with Crippen LogP contribution in [0.3, 0.4) is 0 Å². The maximum absolute atomic E-state index is 14.7. The van der Waals surface area contributed by atoms with Gasteiger partial charge in [-0.3, -0.25) is 9.78 Å². The largest absolute Gasteiger partial charge is 0.497 e. The minimum Gasteiger partial charge on any atom is -0.497 e. The maximum atomic E-state index is 14.7. The average Bonchev–Trinajstić information content (AvgIpc) is 3.07. The number of pyridine rings is 1. The number of rotatable bonds is 5. The second kappa shape index (κ2) is 7.63. The van der Waals surface area contributed by atoms with Gasteiger partial charge in [-0.25, -0.2) is 4.39 Å². The highest BCUT2D eigenvalue weighted by Crippen LogP contribution is 2.37. The highest BCUT2D eigenvalue weighted by molar-refractivity contribution is 6.12. The van der Waals surface area contributed by atoms with E-state index in [2.05, 4.69) is 4.98 Å². The fraction of sp³-hybridized carbons (Fsp3) is 0.167. The van der Waals surface area contributed by atoms with Crippen molar-refractivity contribution in [3.8, 4) is 22.8 Å². The highest BCUT2D eigenvalue weighted by atomic mass is 19.1. The molecule has 6 heteroatoms. The van der Waals surface area contributed by atoms with E-state index >= 15 is 0 Å². The van der Waals surface area contributed by atoms with E-state index in [1.54, 1.807) is 19.4 Å². The molecule has 0 radical (unpaired) electrons. The molecule has 0 aliphatic rings. The first-order valence-corrected chi connectivity index (χ1v) is 9.68. The molecule has 4 aromatic rings. The molecule has 0 aliphatic carbocycles. The van der Waals surface area contributed by atoms with E-state index in [1.807, 2.05) is 54.8 Å². The van der Waals surface area contributed by atoms with Gasteiger partial charge in [0.1, 0.15) is 11.6 Å². The lowest BCUT2D eigenvalue weighted by atomic mass is 10.0. The minimum atomic E-state index is -0.636. The summed E-state index contributed by atoms with van der Waals surface area (Å²) in [6.07, 6.45) is 2.25. The Morgan fingerprint density at radius 3 is 2.63 bits per heavy atom. The van der Waals surface area contributed by atoms with E-state index in [1.165, 1.54) is 6.07 Å². The molecule has 2 aromatic carbocycles. The van der Waals surface area contributed by atoms with Crippen LogP contribution in [0.25, 0.3) is 28.0 Å². The van der Waals surface area contributed by atoms with Gasteiger partial charge in [-0.15, -0.1) is 0 Å². The molecule has 0 spiro atoms. The number of primary amides is 1. The SMILES string of the molecule is CCc1cc2c(cc1F)c(C(N)=O)c(-c1ccc(C)cn1)n2-c1cccc(OC)c1. The molecular weight excluding hydrogens is 381 g/mol. The quantitative estimate of drug-likeness (QED) is 0.520. The number of nitrogens with two attached hydrogens (primary N) is 1. The Balaban J connectivity index is 2.19. The number of amides is 1. The first kappa shape index (κ1) is 19.6. The molecule has 2 heterocycles. The van der Waals surface area contributed by atoms with Crippen LogP contribution in [0, 0.1) is 12.7 Å². The van der Waals surface area contributed by atoms with Crippen molar-refractivity contribution in [2.24, 2.45) is 5.73 Å². The van der Waals surface area contributed by atoms with Crippen molar-refractivity contribution in [3.05, 3.63) is 77.2 Å². The van der Waals surface area contributed by atoms with Gasteiger partial charge >= 0.3 is 0 Å². The predicted octanol–water partition coefficient (Wildman–Crippen LogP) is 4.81. The van der Waals surface area contributed by atoms with Crippen molar-refractivity contribution in [1.29, 1.82) is 0 Å². The number of nitrogens with zero attached hydrogens (tertiary/aromatic N) is 2. The van der Waals surface area contributed by atoms with Crippen LogP contribution in [-0.4, -0.2) is 22.6 Å². The molecule has 2 aromatic heterocycles. The Kier molecular flexibility index (Phi) is 4.99. The molecule has 0 unspecified atom stereocenters. The number of carbonyl (C=O) groups is 1. The van der Waals surface area contributed by atoms with Gasteiger partial charge in [0.2, 0.25) is 0 Å². The Hall–Kier alpha value is -3.67. The number of aromatic nitrogens is 2. The van der Waals surface area contributed by atoms with Crippen LogP contribution >= 0.6 is 0 Å². The molecule has 30 heavy (non-hydrogen) atoms. The average molecular weight is 403 g/mol. The van der Waals surface area contributed by atoms with Crippen LogP contribution in [0.1, 0.15) is 28.4 Å². The molecule has 0 aliphatic heterocycles. The van der Waals surface area contributed by atoms with Gasteiger partial charge in [0.05, 0.1) is 29.6 Å². The first-order chi connectivity index (χ1) is 14.4. The third kappa shape index (κ3) is 3.20. The monoisotopic (exact) mass is 403 g/mol. The summed E-state index contributed by atoms with van der Waals surface area (Å²) < 4.78 is 22.0. The number of ether oxygens (including phenoxy) is 1. The van der Waals surface area contributed by atoms with Crippen molar-refractivity contribution in [2.75, 3.05) is 7.11 Å². The highest BCUT2D eigenvalue weighted by Gasteiger charge is 2.25. The summed E-state index contributed by atoms with van der Waals surface area (Å²) >= 11 is 0. The summed E-state index contributed by atoms with van der Waals surface area (Å²) in [5.41, 5.74) is 10.1. The van der Waals surface area contributed by atoms with Crippen LogP contribution < -0.4 is 10.5 Å². The van der Waals surface area contributed by atoms with E-state index in [-0.39, 0.29) is 11.4 Å². The Morgan fingerprint density at radius 2 is 2.00 bits per heavy atom. The molecule has 0 saturated carbocycles. The van der Waals surface area contributed by atoms with Crippen LogP contribution in [0.4, 0.5) is 4.39 Å². The first-order valence-electron chi connectivity index (χ1n) is 9.68. The lowest BCUT2D eigenvalue weighted by Gasteiger charge is -2.13. The van der Waals surface area contributed by atoms with Gasteiger partial charge in [0.25, 0.3) is 5.91 Å². The van der Waals surface area contributed by atoms with Crippen LogP contribution in [0.5, 0.6) is 5.75 Å². The number of carbonyl (C=O) groups excluding carboxylic acids is 1. The molecule has 1 amide bonds. The fourth-order valence-corrected chi connectivity index (χ4v) is 3.74. The summed E-state index contributed by atoms with van der Waals surface area (Å²) in [4.78, 5) is 17.1. The van der Waals surface area contributed by atoms with Crippen molar-refractivity contribution in [1.82, 2.24) is 9.55 Å². The molecule has 0 saturated heterocycles. The maximum Gasteiger partial charge on any atom is 0.251 e. The number of halogens is 1. The van der Waals surface area contributed by atoms with Gasteiger partial charge in [-0.2, -0.15) is 0 Å². The van der Waals surface area contributed by atoms with Gasteiger partial charge in [0.15, 0.2) is 0 Å². The molecule has 0 fully saturated rings. The predicted molar refractivity (Wildman–Crippen MR) is 116 cm³/mol. The van der Waals surface area contributed by atoms with Crippen LogP contribution in [0.15, 0.2) is 54.7 Å². The summed E-state index contributed by atoms with van der Waals surface area (Å²) in [5.74, 6) is -0.336. The van der Waals surface area contributed by atoms with Gasteiger partial charge in [-0.1, -0.05) is 19.1 Å². The normalized spacial score (nSPS) is 11.1. The lowest BCUT2D eigenvalue weighted by Crippen LogP contribution is -2.13. The van der Waals surface area contributed by atoms with Gasteiger partial charge < -0.3 is 15.0 Å². The van der Waals surface area contributed by atoms with Crippen LogP contribution in [-0.2, 0) is 6.42 Å². The zero-order valence-electron chi connectivity index (χ0n) is 17.1. The number of fused-ring (bicyclic) bond motifs is 1. The number of hydrogen-bond donors (Lipinski definition) is 1. The Bertz CT molecular complexity index is 1260. The van der Waals surface area contributed by atoms with E-state index in [0.29, 0.717) is 40.0 Å².